The highest BCUT2D eigenvalue weighted by Crippen LogP contribution is 2.01. The van der Waals surface area contributed by atoms with Crippen LogP contribution in [0.15, 0.2) is 6.33 Å². The molecule has 0 aliphatic rings. The van der Waals surface area contributed by atoms with E-state index < -0.39 is 0 Å². The maximum absolute atomic E-state index is 5.63. The van der Waals surface area contributed by atoms with Gasteiger partial charge in [-0.15, -0.1) is 0 Å². The second kappa shape index (κ2) is 4.21. The highest BCUT2D eigenvalue weighted by Gasteiger charge is 2.00. The third-order valence-corrected chi connectivity index (χ3v) is 1.86. The molecule has 0 saturated heterocycles. The van der Waals surface area contributed by atoms with Gasteiger partial charge in [0.25, 0.3) is 0 Å². The SMILES string of the molecule is CC(N)CCCc1ncnn1C. The standard InChI is InChI=1S/C8H16N4/c1-7(9)4-3-5-8-10-6-11-12(8)2/h6-7H,3-5,9H2,1-2H3. The Hall–Kier alpha value is -0.900. The smallest absolute Gasteiger partial charge is 0.138 e. The van der Waals surface area contributed by atoms with Gasteiger partial charge in [0.05, 0.1) is 0 Å². The fourth-order valence-corrected chi connectivity index (χ4v) is 1.13. The van der Waals surface area contributed by atoms with Crippen molar-refractivity contribution in [1.29, 1.82) is 0 Å². The largest absolute Gasteiger partial charge is 0.328 e. The summed E-state index contributed by atoms with van der Waals surface area (Å²) in [5.41, 5.74) is 5.63. The molecule has 0 amide bonds. The maximum Gasteiger partial charge on any atom is 0.138 e. The minimum absolute atomic E-state index is 0.290. The molecular formula is C8H16N4. The van der Waals surface area contributed by atoms with Crippen LogP contribution in [0.2, 0.25) is 0 Å². The molecule has 4 heteroatoms. The van der Waals surface area contributed by atoms with E-state index in [9.17, 15) is 0 Å². The fourth-order valence-electron chi connectivity index (χ4n) is 1.13. The second-order valence-electron chi connectivity index (χ2n) is 3.17. The van der Waals surface area contributed by atoms with E-state index in [0.717, 1.165) is 25.1 Å². The summed E-state index contributed by atoms with van der Waals surface area (Å²) in [5.74, 6) is 1.04. The van der Waals surface area contributed by atoms with Gasteiger partial charge in [-0.3, -0.25) is 4.68 Å². The Labute approximate surface area is 72.8 Å². The van der Waals surface area contributed by atoms with E-state index >= 15 is 0 Å². The Morgan fingerprint density at radius 2 is 2.42 bits per heavy atom. The molecule has 0 fully saturated rings. The first-order valence-corrected chi connectivity index (χ1v) is 4.28. The average Bonchev–Trinajstić information content (AvgIpc) is 2.36. The van der Waals surface area contributed by atoms with Gasteiger partial charge in [-0.05, 0) is 19.8 Å². The number of rotatable bonds is 4. The van der Waals surface area contributed by atoms with Crippen molar-refractivity contribution in [2.24, 2.45) is 12.8 Å². The summed E-state index contributed by atoms with van der Waals surface area (Å²) < 4.78 is 1.81. The highest BCUT2D eigenvalue weighted by atomic mass is 15.3. The van der Waals surface area contributed by atoms with Gasteiger partial charge in [0.2, 0.25) is 0 Å². The molecule has 0 aliphatic heterocycles. The molecule has 2 N–H and O–H groups in total. The monoisotopic (exact) mass is 168 g/mol. The Balaban J connectivity index is 2.29. The van der Waals surface area contributed by atoms with E-state index in [2.05, 4.69) is 10.1 Å². The summed E-state index contributed by atoms with van der Waals surface area (Å²) in [4.78, 5) is 4.12. The first-order valence-electron chi connectivity index (χ1n) is 4.28. The van der Waals surface area contributed by atoms with E-state index in [1.54, 1.807) is 11.0 Å². The molecule has 1 aromatic heterocycles. The molecule has 1 aromatic rings. The Bertz CT molecular complexity index is 229. The Morgan fingerprint density at radius 3 is 2.92 bits per heavy atom. The van der Waals surface area contributed by atoms with Crippen molar-refractivity contribution < 1.29 is 0 Å². The molecule has 4 nitrogen and oxygen atoms in total. The van der Waals surface area contributed by atoms with Crippen molar-refractivity contribution in [3.05, 3.63) is 12.2 Å². The molecule has 0 radical (unpaired) electrons. The summed E-state index contributed by atoms with van der Waals surface area (Å²) >= 11 is 0. The zero-order valence-electron chi connectivity index (χ0n) is 7.70. The van der Waals surface area contributed by atoms with Gasteiger partial charge < -0.3 is 5.73 Å². The van der Waals surface area contributed by atoms with Crippen LogP contribution >= 0.6 is 0 Å². The summed E-state index contributed by atoms with van der Waals surface area (Å²) in [6.07, 6.45) is 4.69. The highest BCUT2D eigenvalue weighted by molar-refractivity contribution is 4.83. The zero-order chi connectivity index (χ0) is 8.97. The van der Waals surface area contributed by atoms with Gasteiger partial charge >= 0.3 is 0 Å². The van der Waals surface area contributed by atoms with Gasteiger partial charge in [0, 0.05) is 19.5 Å². The maximum atomic E-state index is 5.63. The predicted molar refractivity (Wildman–Crippen MR) is 47.6 cm³/mol. The van der Waals surface area contributed by atoms with Gasteiger partial charge in [-0.25, -0.2) is 4.98 Å². The van der Waals surface area contributed by atoms with Crippen LogP contribution in [0.1, 0.15) is 25.6 Å². The molecule has 1 rings (SSSR count). The Kier molecular flexibility index (Phi) is 3.22. The minimum Gasteiger partial charge on any atom is -0.328 e. The first kappa shape index (κ1) is 9.19. The van der Waals surface area contributed by atoms with Gasteiger partial charge in [-0.1, -0.05) is 0 Å². The predicted octanol–water partition coefficient (Wildman–Crippen LogP) is 0.485. The molecule has 0 aromatic carbocycles. The van der Waals surface area contributed by atoms with Crippen molar-refractivity contribution in [3.63, 3.8) is 0 Å². The molecule has 0 aliphatic carbocycles. The molecule has 1 unspecified atom stereocenters. The number of hydrogen-bond acceptors (Lipinski definition) is 3. The minimum atomic E-state index is 0.290. The van der Waals surface area contributed by atoms with E-state index in [1.807, 2.05) is 14.0 Å². The molecule has 1 heterocycles. The van der Waals surface area contributed by atoms with Crippen LogP contribution in [-0.2, 0) is 13.5 Å². The van der Waals surface area contributed by atoms with Crippen LogP contribution < -0.4 is 5.73 Å². The van der Waals surface area contributed by atoms with Crippen LogP contribution in [0.5, 0.6) is 0 Å². The van der Waals surface area contributed by atoms with Crippen LogP contribution in [0.3, 0.4) is 0 Å². The number of nitrogens with two attached hydrogens (primary N) is 1. The summed E-state index contributed by atoms with van der Waals surface area (Å²) in [7, 11) is 1.91. The number of hydrogen-bond donors (Lipinski definition) is 1. The lowest BCUT2D eigenvalue weighted by Crippen LogP contribution is -2.14. The molecule has 12 heavy (non-hydrogen) atoms. The molecular weight excluding hydrogens is 152 g/mol. The van der Waals surface area contributed by atoms with E-state index in [4.69, 9.17) is 5.73 Å². The molecule has 0 saturated carbocycles. The lowest BCUT2D eigenvalue weighted by atomic mass is 10.1. The van der Waals surface area contributed by atoms with Crippen LogP contribution in [-0.4, -0.2) is 20.8 Å². The Morgan fingerprint density at radius 1 is 1.67 bits per heavy atom. The van der Waals surface area contributed by atoms with Crippen molar-refractivity contribution in [1.82, 2.24) is 14.8 Å². The van der Waals surface area contributed by atoms with Crippen LogP contribution in [0, 0.1) is 0 Å². The van der Waals surface area contributed by atoms with Crippen molar-refractivity contribution in [3.8, 4) is 0 Å². The summed E-state index contributed by atoms with van der Waals surface area (Å²) in [5, 5.41) is 3.99. The van der Waals surface area contributed by atoms with Gasteiger partial charge in [0.1, 0.15) is 12.2 Å². The average molecular weight is 168 g/mol. The summed E-state index contributed by atoms with van der Waals surface area (Å²) in [6, 6.07) is 0.290. The molecule has 68 valence electrons. The summed E-state index contributed by atoms with van der Waals surface area (Å²) in [6.45, 7) is 2.02. The molecule has 0 spiro atoms. The first-order chi connectivity index (χ1) is 5.70. The fraction of sp³-hybridized carbons (Fsp3) is 0.750. The van der Waals surface area contributed by atoms with Crippen molar-refractivity contribution >= 4 is 0 Å². The quantitative estimate of drug-likeness (QED) is 0.711. The third-order valence-electron chi connectivity index (χ3n) is 1.86. The lowest BCUT2D eigenvalue weighted by Gasteiger charge is -2.03. The lowest BCUT2D eigenvalue weighted by molar-refractivity contribution is 0.595. The zero-order valence-corrected chi connectivity index (χ0v) is 7.70. The topological polar surface area (TPSA) is 56.7 Å². The van der Waals surface area contributed by atoms with E-state index in [-0.39, 0.29) is 0 Å². The number of nitrogens with zero attached hydrogens (tertiary/aromatic N) is 3. The molecule has 1 atom stereocenters. The third kappa shape index (κ3) is 2.62. The van der Waals surface area contributed by atoms with Crippen LogP contribution in [0.4, 0.5) is 0 Å². The van der Waals surface area contributed by atoms with E-state index in [1.165, 1.54) is 0 Å². The van der Waals surface area contributed by atoms with Crippen LogP contribution in [0.25, 0.3) is 0 Å². The second-order valence-corrected chi connectivity index (χ2v) is 3.17. The normalized spacial score (nSPS) is 13.2. The molecule has 0 bridgehead atoms. The van der Waals surface area contributed by atoms with Crippen molar-refractivity contribution in [2.75, 3.05) is 0 Å². The van der Waals surface area contributed by atoms with E-state index in [0.29, 0.717) is 6.04 Å². The number of aryl methyl sites for hydroxylation is 2. The van der Waals surface area contributed by atoms with Gasteiger partial charge in [0.15, 0.2) is 0 Å². The number of aromatic nitrogens is 3. The van der Waals surface area contributed by atoms with Crippen molar-refractivity contribution in [2.45, 2.75) is 32.2 Å². The van der Waals surface area contributed by atoms with Gasteiger partial charge in [-0.2, -0.15) is 5.10 Å².